The third-order valence-corrected chi connectivity index (χ3v) is 5.54. The average molecular weight is 385 g/mol. The molecule has 1 amide bonds. The number of hydrogen-bond donors (Lipinski definition) is 1. The maximum absolute atomic E-state index is 13.3. The van der Waals surface area contributed by atoms with E-state index in [2.05, 4.69) is 15.0 Å². The van der Waals surface area contributed by atoms with Crippen molar-refractivity contribution >= 4 is 5.91 Å². The fourth-order valence-corrected chi connectivity index (χ4v) is 4.21. The number of aromatic hydroxyl groups is 1. The number of aromatic nitrogens is 3. The molecule has 0 bridgehead atoms. The smallest absolute Gasteiger partial charge is 0.256 e. The van der Waals surface area contributed by atoms with Crippen LogP contribution in [-0.4, -0.2) is 74.5 Å². The molecule has 8 nitrogen and oxygen atoms in total. The molecule has 2 atom stereocenters. The van der Waals surface area contributed by atoms with E-state index in [-0.39, 0.29) is 23.8 Å². The van der Waals surface area contributed by atoms with Crippen LogP contribution in [0.3, 0.4) is 0 Å². The fraction of sp³-hybridized carbons (Fsp3) is 0.550. The minimum absolute atomic E-state index is 0.0121. The van der Waals surface area contributed by atoms with E-state index in [1.165, 1.54) is 37.7 Å². The lowest BCUT2D eigenvalue weighted by Gasteiger charge is -2.43. The largest absolute Gasteiger partial charge is 0.506 e. The third kappa shape index (κ3) is 4.02. The van der Waals surface area contributed by atoms with Crippen molar-refractivity contribution in [1.29, 1.82) is 0 Å². The Morgan fingerprint density at radius 2 is 2.04 bits per heavy atom. The summed E-state index contributed by atoms with van der Waals surface area (Å²) in [5.41, 5.74) is 1.35. The molecule has 2 aliphatic heterocycles. The van der Waals surface area contributed by atoms with Gasteiger partial charge in [0.15, 0.2) is 0 Å². The van der Waals surface area contributed by atoms with Crippen molar-refractivity contribution in [3.63, 3.8) is 0 Å². The number of amides is 1. The first kappa shape index (κ1) is 18.9. The molecule has 2 aromatic rings. The molecule has 2 aliphatic rings. The first-order valence-corrected chi connectivity index (χ1v) is 9.89. The number of pyridine rings is 1. The van der Waals surface area contributed by atoms with Crippen LogP contribution in [0, 0.1) is 0 Å². The number of rotatable bonds is 4. The molecule has 4 heterocycles. The van der Waals surface area contributed by atoms with Crippen molar-refractivity contribution in [2.75, 3.05) is 32.8 Å². The Labute approximate surface area is 164 Å². The molecule has 28 heavy (non-hydrogen) atoms. The van der Waals surface area contributed by atoms with E-state index < -0.39 is 0 Å². The van der Waals surface area contributed by atoms with Crippen molar-refractivity contribution in [2.45, 2.75) is 31.4 Å². The molecule has 0 spiro atoms. The minimum atomic E-state index is -0.223. The van der Waals surface area contributed by atoms with Crippen LogP contribution >= 0.6 is 0 Å². The summed E-state index contributed by atoms with van der Waals surface area (Å²) in [6.07, 6.45) is 10.2. The van der Waals surface area contributed by atoms with Gasteiger partial charge in [0.2, 0.25) is 0 Å². The number of nitrogens with zero attached hydrogens (tertiary/aromatic N) is 5. The minimum Gasteiger partial charge on any atom is -0.506 e. The highest BCUT2D eigenvalue weighted by Crippen LogP contribution is 2.32. The Morgan fingerprint density at radius 1 is 1.21 bits per heavy atom. The molecular formula is C20H27N5O3. The zero-order chi connectivity index (χ0) is 19.5. The lowest BCUT2D eigenvalue weighted by Crippen LogP contribution is -2.52. The van der Waals surface area contributed by atoms with Gasteiger partial charge in [-0.3, -0.25) is 14.5 Å². The summed E-state index contributed by atoms with van der Waals surface area (Å²) >= 11 is 0. The van der Waals surface area contributed by atoms with Crippen LogP contribution in [0.4, 0.5) is 0 Å². The summed E-state index contributed by atoms with van der Waals surface area (Å²) in [4.78, 5) is 21.5. The van der Waals surface area contributed by atoms with E-state index in [0.29, 0.717) is 18.7 Å². The number of morpholine rings is 1. The molecule has 0 aromatic carbocycles. The number of aryl methyl sites for hydroxylation is 1. The second kappa shape index (κ2) is 8.28. The Balaban J connectivity index is 1.62. The highest BCUT2D eigenvalue weighted by atomic mass is 16.5. The molecular weight excluding hydrogens is 358 g/mol. The van der Waals surface area contributed by atoms with Crippen LogP contribution in [0.2, 0.25) is 0 Å². The van der Waals surface area contributed by atoms with E-state index in [1.54, 1.807) is 4.68 Å². The van der Waals surface area contributed by atoms with Gasteiger partial charge in [0, 0.05) is 38.1 Å². The average Bonchev–Trinajstić information content (AvgIpc) is 3.14. The molecule has 0 unspecified atom stereocenters. The van der Waals surface area contributed by atoms with Gasteiger partial charge < -0.3 is 19.6 Å². The lowest BCUT2D eigenvalue weighted by molar-refractivity contribution is -0.0741. The molecule has 150 valence electrons. The number of hydrogen-bond acceptors (Lipinski definition) is 6. The Morgan fingerprint density at radius 3 is 2.75 bits per heavy atom. The van der Waals surface area contributed by atoms with Gasteiger partial charge in [-0.05, 0) is 32.0 Å². The van der Waals surface area contributed by atoms with Crippen molar-refractivity contribution in [2.24, 2.45) is 7.05 Å². The molecule has 0 saturated carbocycles. The van der Waals surface area contributed by atoms with Gasteiger partial charge in [-0.25, -0.2) is 0 Å². The normalized spacial score (nSPS) is 23.7. The zero-order valence-corrected chi connectivity index (χ0v) is 16.2. The lowest BCUT2D eigenvalue weighted by atomic mass is 9.98. The van der Waals surface area contributed by atoms with Crippen LogP contribution in [-0.2, 0) is 11.8 Å². The van der Waals surface area contributed by atoms with Crippen LogP contribution < -0.4 is 0 Å². The summed E-state index contributed by atoms with van der Waals surface area (Å²) in [5, 5.41) is 14.0. The predicted molar refractivity (Wildman–Crippen MR) is 103 cm³/mol. The second-order valence-electron chi connectivity index (χ2n) is 7.59. The molecule has 0 aliphatic carbocycles. The number of piperidine rings is 1. The van der Waals surface area contributed by atoms with Crippen LogP contribution in [0.1, 0.15) is 41.2 Å². The Kier molecular flexibility index (Phi) is 5.59. The van der Waals surface area contributed by atoms with E-state index in [1.807, 2.05) is 24.3 Å². The van der Waals surface area contributed by atoms with Gasteiger partial charge in [-0.1, -0.05) is 6.42 Å². The van der Waals surface area contributed by atoms with Crippen molar-refractivity contribution in [3.05, 3.63) is 42.0 Å². The van der Waals surface area contributed by atoms with Gasteiger partial charge in [-0.15, -0.1) is 0 Å². The van der Waals surface area contributed by atoms with Crippen molar-refractivity contribution in [1.82, 2.24) is 24.6 Å². The summed E-state index contributed by atoms with van der Waals surface area (Å²) < 4.78 is 7.91. The highest BCUT2D eigenvalue weighted by molar-refractivity contribution is 5.94. The molecule has 2 saturated heterocycles. The summed E-state index contributed by atoms with van der Waals surface area (Å²) in [6.45, 7) is 3.92. The quantitative estimate of drug-likeness (QED) is 0.861. The van der Waals surface area contributed by atoms with Crippen molar-refractivity contribution in [3.8, 4) is 5.75 Å². The number of carbonyl (C=O) groups is 1. The number of carbonyl (C=O) groups excluding carboxylic acids is 1. The molecule has 8 heteroatoms. The van der Waals surface area contributed by atoms with E-state index >= 15 is 0 Å². The summed E-state index contributed by atoms with van der Waals surface area (Å²) in [7, 11) is 1.87. The fourth-order valence-electron chi connectivity index (χ4n) is 4.21. The Hall–Kier alpha value is -2.45. The molecule has 1 N–H and O–H groups in total. The van der Waals surface area contributed by atoms with Gasteiger partial charge in [-0.2, -0.15) is 5.10 Å². The van der Waals surface area contributed by atoms with Gasteiger partial charge in [0.05, 0.1) is 36.7 Å². The highest BCUT2D eigenvalue weighted by Gasteiger charge is 2.38. The number of ether oxygens (including phenoxy) is 1. The zero-order valence-electron chi connectivity index (χ0n) is 16.2. The van der Waals surface area contributed by atoms with E-state index in [0.717, 1.165) is 25.2 Å². The van der Waals surface area contributed by atoms with Crippen LogP contribution in [0.15, 0.2) is 30.9 Å². The summed E-state index contributed by atoms with van der Waals surface area (Å²) in [5.74, 6) is -0.161. The maximum atomic E-state index is 13.3. The molecule has 0 radical (unpaired) electrons. The van der Waals surface area contributed by atoms with Gasteiger partial charge >= 0.3 is 0 Å². The predicted octanol–water partition coefficient (Wildman–Crippen LogP) is 1.59. The first-order chi connectivity index (χ1) is 13.6. The molecule has 4 rings (SSSR count). The number of likely N-dealkylation sites (tertiary alicyclic amines) is 1. The SMILES string of the molecule is Cn1cc([C@H]2[C@H](CN3CCCCC3)OCCN2C(=O)c2cncc(O)c2)cn1. The first-order valence-electron chi connectivity index (χ1n) is 9.89. The maximum Gasteiger partial charge on any atom is 0.256 e. The van der Waals surface area contributed by atoms with E-state index in [4.69, 9.17) is 4.74 Å². The van der Waals surface area contributed by atoms with Crippen molar-refractivity contribution < 1.29 is 14.6 Å². The topological polar surface area (TPSA) is 83.7 Å². The third-order valence-electron chi connectivity index (χ3n) is 5.54. The summed E-state index contributed by atoms with van der Waals surface area (Å²) in [6, 6.07) is 1.24. The molecule has 2 fully saturated rings. The van der Waals surface area contributed by atoms with E-state index in [9.17, 15) is 9.90 Å². The molecule has 2 aromatic heterocycles. The van der Waals surface area contributed by atoms with Gasteiger partial charge in [0.25, 0.3) is 5.91 Å². The standard InChI is InChI=1S/C20H27N5O3/c1-23-13-16(11-22-23)19-18(14-24-5-3-2-4-6-24)28-8-7-25(19)20(27)15-9-17(26)12-21-10-15/h9-13,18-19,26H,2-8,14H2,1H3/t18-,19-/m0/s1. The van der Waals surface area contributed by atoms with Gasteiger partial charge in [0.1, 0.15) is 5.75 Å². The van der Waals surface area contributed by atoms with Crippen LogP contribution in [0.25, 0.3) is 0 Å². The van der Waals surface area contributed by atoms with Crippen LogP contribution in [0.5, 0.6) is 5.75 Å². The monoisotopic (exact) mass is 385 g/mol. The Bertz CT molecular complexity index is 818. The second-order valence-corrected chi connectivity index (χ2v) is 7.59.